The summed E-state index contributed by atoms with van der Waals surface area (Å²) in [4.78, 5) is 11.7. The van der Waals surface area contributed by atoms with Crippen molar-refractivity contribution in [1.29, 1.82) is 0 Å². The van der Waals surface area contributed by atoms with Gasteiger partial charge in [0.25, 0.3) is 0 Å². The first-order valence-corrected chi connectivity index (χ1v) is 9.39. The van der Waals surface area contributed by atoms with Crippen molar-refractivity contribution >= 4 is 5.78 Å². The molecule has 0 aromatic rings. The smallest absolute Gasteiger partial charge is 0.155 e. The van der Waals surface area contributed by atoms with Crippen molar-refractivity contribution in [2.45, 2.75) is 64.7 Å². The average Bonchev–Trinajstić information content (AvgIpc) is 2.93. The van der Waals surface area contributed by atoms with E-state index >= 15 is 0 Å². The molecule has 118 valence electrons. The number of hydrogen-bond donors (Lipinski definition) is 0. The van der Waals surface area contributed by atoms with Crippen LogP contribution in [0.1, 0.15) is 64.7 Å². The predicted octanol–water partition coefficient (Wildman–Crippen LogP) is 4.77. The van der Waals surface area contributed by atoms with Gasteiger partial charge >= 0.3 is 0 Å². The van der Waals surface area contributed by atoms with Gasteiger partial charge in [-0.15, -0.1) is 12.3 Å². The summed E-state index contributed by atoms with van der Waals surface area (Å²) in [5, 5.41) is 0. The predicted molar refractivity (Wildman–Crippen MR) is 89.0 cm³/mol. The van der Waals surface area contributed by atoms with Crippen LogP contribution in [0, 0.1) is 47.3 Å². The first-order chi connectivity index (χ1) is 10.7. The van der Waals surface area contributed by atoms with Crippen LogP contribution in [0.4, 0.5) is 0 Å². The lowest BCUT2D eigenvalue weighted by Gasteiger charge is -2.54. The summed E-state index contributed by atoms with van der Waals surface area (Å²) in [6.07, 6.45) is 18.9. The summed E-state index contributed by atoms with van der Waals surface area (Å²) in [6.45, 7) is 2.37. The lowest BCUT2D eigenvalue weighted by Crippen LogP contribution is -2.47. The zero-order valence-electron chi connectivity index (χ0n) is 13.8. The largest absolute Gasteiger partial charge is 0.295 e. The fourth-order valence-corrected chi connectivity index (χ4v) is 6.93. The molecule has 4 aliphatic carbocycles. The Morgan fingerprint density at radius 1 is 1.18 bits per heavy atom. The molecule has 0 spiro atoms. The van der Waals surface area contributed by atoms with Gasteiger partial charge in [0.05, 0.1) is 0 Å². The van der Waals surface area contributed by atoms with Gasteiger partial charge in [0.15, 0.2) is 5.78 Å². The van der Waals surface area contributed by atoms with Crippen molar-refractivity contribution in [2.75, 3.05) is 0 Å². The van der Waals surface area contributed by atoms with Crippen LogP contribution >= 0.6 is 0 Å². The van der Waals surface area contributed by atoms with Crippen LogP contribution in [0.15, 0.2) is 11.6 Å². The molecule has 22 heavy (non-hydrogen) atoms. The summed E-state index contributed by atoms with van der Waals surface area (Å²) >= 11 is 0. The van der Waals surface area contributed by atoms with E-state index in [4.69, 9.17) is 6.42 Å². The molecule has 0 aliphatic heterocycles. The second-order valence-electron chi connectivity index (χ2n) is 8.23. The number of terminal acetylenes is 1. The van der Waals surface area contributed by atoms with Gasteiger partial charge in [-0.2, -0.15) is 0 Å². The van der Waals surface area contributed by atoms with E-state index in [2.05, 4.69) is 12.8 Å². The first-order valence-electron chi connectivity index (χ1n) is 9.39. The molecule has 0 amide bonds. The maximum Gasteiger partial charge on any atom is 0.155 e. The molecule has 0 N–H and O–H groups in total. The summed E-state index contributed by atoms with van der Waals surface area (Å²) < 4.78 is 0. The number of fused-ring (bicyclic) bond motifs is 5. The van der Waals surface area contributed by atoms with Crippen molar-refractivity contribution in [2.24, 2.45) is 35.0 Å². The van der Waals surface area contributed by atoms with E-state index in [1.54, 1.807) is 0 Å². The van der Waals surface area contributed by atoms with Gasteiger partial charge in [0, 0.05) is 12.3 Å². The highest BCUT2D eigenvalue weighted by atomic mass is 16.1. The Kier molecular flexibility index (Phi) is 3.48. The third kappa shape index (κ3) is 1.89. The third-order valence-corrected chi connectivity index (χ3v) is 7.88. The van der Waals surface area contributed by atoms with Crippen LogP contribution < -0.4 is 0 Å². The molecule has 3 saturated carbocycles. The highest BCUT2D eigenvalue weighted by Gasteiger charge is 2.57. The van der Waals surface area contributed by atoms with Crippen molar-refractivity contribution in [1.82, 2.24) is 0 Å². The number of hydrogen-bond acceptors (Lipinski definition) is 1. The van der Waals surface area contributed by atoms with Crippen LogP contribution in [0.3, 0.4) is 0 Å². The minimum absolute atomic E-state index is 0.372. The maximum atomic E-state index is 11.7. The fraction of sp³-hybridized carbons (Fsp3) is 0.762. The average molecular weight is 296 g/mol. The maximum absolute atomic E-state index is 11.7. The third-order valence-electron chi connectivity index (χ3n) is 7.88. The van der Waals surface area contributed by atoms with E-state index in [9.17, 15) is 4.79 Å². The Hall–Kier alpha value is -1.03. The van der Waals surface area contributed by atoms with E-state index in [0.717, 1.165) is 36.5 Å². The van der Waals surface area contributed by atoms with Gasteiger partial charge in [0.1, 0.15) is 0 Å². The van der Waals surface area contributed by atoms with E-state index in [1.807, 2.05) is 6.08 Å². The molecular weight excluding hydrogens is 268 g/mol. The summed E-state index contributed by atoms with van der Waals surface area (Å²) in [7, 11) is 0. The minimum atomic E-state index is 0.372. The van der Waals surface area contributed by atoms with Crippen LogP contribution in [0.5, 0.6) is 0 Å². The molecule has 5 unspecified atom stereocenters. The second kappa shape index (κ2) is 5.26. The summed E-state index contributed by atoms with van der Waals surface area (Å²) in [5.41, 5.74) is 1.94. The number of carbonyl (C=O) groups excluding carboxylic acids is 1. The molecule has 4 aliphatic rings. The molecule has 6 atom stereocenters. The van der Waals surface area contributed by atoms with E-state index in [1.165, 1.54) is 50.5 Å². The SMILES string of the molecule is C#CC1CCC2C3CCC4=CC(=O)CCC4C3CC[C@@]12CC. The molecular formula is C21H28O. The van der Waals surface area contributed by atoms with Gasteiger partial charge in [0.2, 0.25) is 0 Å². The number of allylic oxidation sites excluding steroid dienone is 1. The number of rotatable bonds is 1. The Morgan fingerprint density at radius 2 is 2.05 bits per heavy atom. The fourth-order valence-electron chi connectivity index (χ4n) is 6.93. The highest BCUT2D eigenvalue weighted by Crippen LogP contribution is 2.64. The van der Waals surface area contributed by atoms with E-state index in [-0.39, 0.29) is 0 Å². The Morgan fingerprint density at radius 3 is 2.82 bits per heavy atom. The molecule has 0 heterocycles. The molecule has 0 saturated heterocycles. The molecule has 0 radical (unpaired) electrons. The molecule has 4 rings (SSSR count). The van der Waals surface area contributed by atoms with Gasteiger partial charge in [-0.3, -0.25) is 4.79 Å². The lowest BCUT2D eigenvalue weighted by molar-refractivity contribution is -0.116. The molecule has 1 heteroatoms. The van der Waals surface area contributed by atoms with Crippen molar-refractivity contribution in [3.05, 3.63) is 11.6 Å². The second-order valence-corrected chi connectivity index (χ2v) is 8.23. The van der Waals surface area contributed by atoms with Crippen LogP contribution in [0.25, 0.3) is 0 Å². The zero-order valence-corrected chi connectivity index (χ0v) is 13.8. The van der Waals surface area contributed by atoms with Crippen LogP contribution in [0.2, 0.25) is 0 Å². The topological polar surface area (TPSA) is 17.1 Å². The normalized spacial score (nSPS) is 47.0. The molecule has 1 nitrogen and oxygen atoms in total. The number of ketones is 1. The number of carbonyl (C=O) groups is 1. The molecule has 0 aromatic carbocycles. The van der Waals surface area contributed by atoms with Crippen molar-refractivity contribution in [3.63, 3.8) is 0 Å². The Labute approximate surface area is 134 Å². The Balaban J connectivity index is 1.64. The van der Waals surface area contributed by atoms with Crippen molar-refractivity contribution < 1.29 is 4.79 Å². The summed E-state index contributed by atoms with van der Waals surface area (Å²) in [5.74, 6) is 7.35. The van der Waals surface area contributed by atoms with Crippen molar-refractivity contribution in [3.8, 4) is 12.3 Å². The van der Waals surface area contributed by atoms with Gasteiger partial charge in [-0.05, 0) is 86.5 Å². The summed E-state index contributed by atoms with van der Waals surface area (Å²) in [6, 6.07) is 0. The molecule has 0 aromatic heterocycles. The standard InChI is InChI=1S/C21H28O/c1-3-15-6-10-20-19-8-5-14-13-16(22)7-9-17(14)18(19)11-12-21(15,20)4-2/h1,13,15,17-20H,4-12H2,2H3/t15?,17?,18?,19?,20?,21-/m0/s1. The lowest BCUT2D eigenvalue weighted by atomic mass is 9.50. The minimum Gasteiger partial charge on any atom is -0.295 e. The van der Waals surface area contributed by atoms with E-state index < -0.39 is 0 Å². The quantitative estimate of drug-likeness (QED) is 0.637. The van der Waals surface area contributed by atoms with Gasteiger partial charge < -0.3 is 0 Å². The van der Waals surface area contributed by atoms with E-state index in [0.29, 0.717) is 17.1 Å². The van der Waals surface area contributed by atoms with Crippen LogP contribution in [-0.2, 0) is 4.79 Å². The molecule has 0 bridgehead atoms. The molecule has 3 fully saturated rings. The highest BCUT2D eigenvalue weighted by molar-refractivity contribution is 5.91. The van der Waals surface area contributed by atoms with Gasteiger partial charge in [-0.25, -0.2) is 0 Å². The first kappa shape index (κ1) is 14.6. The Bertz CT molecular complexity index is 551. The zero-order chi connectivity index (χ0) is 15.3. The van der Waals surface area contributed by atoms with Gasteiger partial charge in [-0.1, -0.05) is 12.5 Å². The monoisotopic (exact) mass is 296 g/mol. The van der Waals surface area contributed by atoms with Crippen LogP contribution in [-0.4, -0.2) is 5.78 Å².